The molecule has 1 spiro atoms. The molecule has 2 rings (SSSR count). The van der Waals surface area contributed by atoms with Crippen LogP contribution in [0.15, 0.2) is 0 Å². The van der Waals surface area contributed by atoms with Crippen LogP contribution in [-0.4, -0.2) is 49.5 Å². The Balaban J connectivity index is 1.88. The summed E-state index contributed by atoms with van der Waals surface area (Å²) >= 11 is 2.06. The largest absolute Gasteiger partial charge is 0.382 e. The Morgan fingerprint density at radius 1 is 1.45 bits per heavy atom. The minimum absolute atomic E-state index is 0.200. The first-order valence-electron chi connectivity index (χ1n) is 8.32. The van der Waals surface area contributed by atoms with Gasteiger partial charge in [0, 0.05) is 31.6 Å². The quantitative estimate of drug-likeness (QED) is 0.698. The van der Waals surface area contributed by atoms with Crippen molar-refractivity contribution in [3.05, 3.63) is 0 Å². The van der Waals surface area contributed by atoms with Crippen molar-refractivity contribution in [2.24, 2.45) is 5.92 Å². The van der Waals surface area contributed by atoms with Crippen LogP contribution in [0.3, 0.4) is 0 Å². The van der Waals surface area contributed by atoms with Crippen molar-refractivity contribution < 1.29 is 9.47 Å². The fraction of sp³-hybridized carbons (Fsp3) is 1.00. The van der Waals surface area contributed by atoms with E-state index in [0.717, 1.165) is 38.7 Å². The average molecular weight is 301 g/mol. The molecule has 20 heavy (non-hydrogen) atoms. The lowest BCUT2D eigenvalue weighted by Crippen LogP contribution is -2.47. The van der Waals surface area contributed by atoms with E-state index in [1.165, 1.54) is 37.2 Å². The zero-order chi connectivity index (χ0) is 14.3. The summed E-state index contributed by atoms with van der Waals surface area (Å²) in [7, 11) is 0. The highest BCUT2D eigenvalue weighted by Crippen LogP contribution is 2.41. The highest BCUT2D eigenvalue weighted by molar-refractivity contribution is 7.99. The van der Waals surface area contributed by atoms with Gasteiger partial charge in [0.15, 0.2) is 0 Å². The summed E-state index contributed by atoms with van der Waals surface area (Å²) in [5.41, 5.74) is 0.200. The van der Waals surface area contributed by atoms with Gasteiger partial charge in [-0.1, -0.05) is 6.92 Å². The zero-order valence-electron chi connectivity index (χ0n) is 13.2. The molecule has 0 saturated carbocycles. The molecule has 2 heterocycles. The zero-order valence-corrected chi connectivity index (χ0v) is 14.0. The normalized spacial score (nSPS) is 31.8. The van der Waals surface area contributed by atoms with E-state index in [4.69, 9.17) is 9.47 Å². The van der Waals surface area contributed by atoms with Crippen molar-refractivity contribution in [2.45, 2.75) is 57.6 Å². The van der Waals surface area contributed by atoms with Crippen molar-refractivity contribution in [3.8, 4) is 0 Å². The number of hydrogen-bond donors (Lipinski definition) is 1. The molecular formula is C16H31NO2S. The third kappa shape index (κ3) is 4.62. The maximum absolute atomic E-state index is 6.16. The van der Waals surface area contributed by atoms with Gasteiger partial charge in [-0.3, -0.25) is 0 Å². The molecule has 3 unspecified atom stereocenters. The van der Waals surface area contributed by atoms with E-state index in [0.29, 0.717) is 6.04 Å². The molecular weight excluding hydrogens is 270 g/mol. The molecule has 0 aliphatic carbocycles. The third-order valence-electron chi connectivity index (χ3n) is 4.60. The van der Waals surface area contributed by atoms with E-state index in [1.54, 1.807) is 0 Å². The number of rotatable bonds is 8. The van der Waals surface area contributed by atoms with E-state index in [1.807, 2.05) is 0 Å². The lowest BCUT2D eigenvalue weighted by molar-refractivity contribution is -0.0864. The molecule has 0 aromatic carbocycles. The smallest absolute Gasteiger partial charge is 0.0783 e. The molecule has 2 aliphatic heterocycles. The summed E-state index contributed by atoms with van der Waals surface area (Å²) in [6.45, 7) is 8.10. The molecule has 0 amide bonds. The monoisotopic (exact) mass is 301 g/mol. The first kappa shape index (κ1) is 16.6. The van der Waals surface area contributed by atoms with Crippen molar-refractivity contribution >= 4 is 11.8 Å². The van der Waals surface area contributed by atoms with Crippen LogP contribution >= 0.6 is 11.8 Å². The van der Waals surface area contributed by atoms with Gasteiger partial charge in [0.05, 0.1) is 5.60 Å². The lowest BCUT2D eigenvalue weighted by Gasteiger charge is -2.41. The van der Waals surface area contributed by atoms with Crippen molar-refractivity contribution in [1.82, 2.24) is 5.32 Å². The van der Waals surface area contributed by atoms with Gasteiger partial charge < -0.3 is 14.8 Å². The maximum Gasteiger partial charge on any atom is 0.0783 e. The second-order valence-corrected chi connectivity index (χ2v) is 7.24. The molecule has 2 aliphatic rings. The second-order valence-electron chi connectivity index (χ2n) is 6.13. The first-order valence-corrected chi connectivity index (χ1v) is 9.48. The van der Waals surface area contributed by atoms with E-state index < -0.39 is 0 Å². The number of ether oxygens (including phenoxy) is 2. The van der Waals surface area contributed by atoms with Crippen LogP contribution in [0, 0.1) is 5.92 Å². The predicted molar refractivity (Wildman–Crippen MR) is 86.5 cm³/mol. The molecule has 0 aromatic rings. The molecule has 0 radical (unpaired) electrons. The lowest BCUT2D eigenvalue weighted by atomic mass is 9.80. The highest BCUT2D eigenvalue weighted by atomic mass is 32.2. The molecule has 0 bridgehead atoms. The summed E-state index contributed by atoms with van der Waals surface area (Å²) in [4.78, 5) is 0. The van der Waals surface area contributed by atoms with Gasteiger partial charge in [-0.15, -0.1) is 0 Å². The predicted octanol–water partition coefficient (Wildman–Crippen LogP) is 3.08. The molecule has 1 N–H and O–H groups in total. The van der Waals surface area contributed by atoms with Gasteiger partial charge in [0.1, 0.15) is 0 Å². The number of nitrogens with one attached hydrogen (secondary N) is 1. The Kier molecular flexibility index (Phi) is 7.15. The molecule has 2 fully saturated rings. The van der Waals surface area contributed by atoms with Gasteiger partial charge in [-0.25, -0.2) is 0 Å². The van der Waals surface area contributed by atoms with E-state index in [9.17, 15) is 0 Å². The van der Waals surface area contributed by atoms with E-state index >= 15 is 0 Å². The topological polar surface area (TPSA) is 30.5 Å². The molecule has 2 saturated heterocycles. The molecule has 3 nitrogen and oxygen atoms in total. The van der Waals surface area contributed by atoms with E-state index in [2.05, 4.69) is 30.9 Å². The molecule has 0 aromatic heterocycles. The van der Waals surface area contributed by atoms with Crippen molar-refractivity contribution in [2.75, 3.05) is 37.9 Å². The van der Waals surface area contributed by atoms with E-state index in [-0.39, 0.29) is 5.60 Å². The summed E-state index contributed by atoms with van der Waals surface area (Å²) in [5.74, 6) is 3.24. The Morgan fingerprint density at radius 3 is 3.05 bits per heavy atom. The summed E-state index contributed by atoms with van der Waals surface area (Å²) in [6.07, 6.45) is 6.05. The summed E-state index contributed by atoms with van der Waals surface area (Å²) < 4.78 is 11.7. The Morgan fingerprint density at radius 2 is 2.35 bits per heavy atom. The van der Waals surface area contributed by atoms with Crippen LogP contribution < -0.4 is 5.32 Å². The fourth-order valence-electron chi connectivity index (χ4n) is 3.46. The summed E-state index contributed by atoms with van der Waals surface area (Å²) in [5, 5.41) is 3.76. The highest BCUT2D eigenvalue weighted by Gasteiger charge is 2.42. The van der Waals surface area contributed by atoms with Crippen LogP contribution in [0.1, 0.15) is 46.0 Å². The average Bonchev–Trinajstić information content (AvgIpc) is 2.90. The Labute approximate surface area is 128 Å². The maximum atomic E-state index is 6.16. The SMILES string of the molecule is CCCNC(CCOCC)C1CCOC2(CCSC2)C1. The van der Waals surface area contributed by atoms with Gasteiger partial charge in [0.2, 0.25) is 0 Å². The standard InChI is InChI=1S/C16H31NO2S/c1-3-8-17-15(6-9-18-4-2)14-5-10-19-16(12-14)7-11-20-13-16/h14-15,17H,3-13H2,1-2H3. The van der Waals surface area contributed by atoms with Gasteiger partial charge in [0.25, 0.3) is 0 Å². The Bertz CT molecular complexity index is 269. The number of hydrogen-bond acceptors (Lipinski definition) is 4. The van der Waals surface area contributed by atoms with Crippen molar-refractivity contribution in [3.63, 3.8) is 0 Å². The molecule has 3 atom stereocenters. The Hall–Kier alpha value is 0.230. The van der Waals surface area contributed by atoms with Gasteiger partial charge in [-0.2, -0.15) is 11.8 Å². The van der Waals surface area contributed by atoms with Crippen LogP contribution in [0.2, 0.25) is 0 Å². The van der Waals surface area contributed by atoms with Gasteiger partial charge in [-0.05, 0) is 57.2 Å². The van der Waals surface area contributed by atoms with Crippen molar-refractivity contribution in [1.29, 1.82) is 0 Å². The van der Waals surface area contributed by atoms with Crippen LogP contribution in [-0.2, 0) is 9.47 Å². The fourth-order valence-corrected chi connectivity index (χ4v) is 4.84. The van der Waals surface area contributed by atoms with Gasteiger partial charge >= 0.3 is 0 Å². The minimum Gasteiger partial charge on any atom is -0.382 e. The van der Waals surface area contributed by atoms with Crippen LogP contribution in [0.5, 0.6) is 0 Å². The third-order valence-corrected chi connectivity index (χ3v) is 5.82. The number of thioether (sulfide) groups is 1. The molecule has 118 valence electrons. The molecule has 4 heteroatoms. The minimum atomic E-state index is 0.200. The van der Waals surface area contributed by atoms with Crippen LogP contribution in [0.4, 0.5) is 0 Å². The second kappa shape index (κ2) is 8.62. The van der Waals surface area contributed by atoms with Crippen LogP contribution in [0.25, 0.3) is 0 Å². The first-order chi connectivity index (χ1) is 9.79. The summed E-state index contributed by atoms with van der Waals surface area (Å²) in [6, 6.07) is 0.605.